The fraction of sp³-hybridized carbons (Fsp3) is 0.400. The molecule has 0 amide bonds. The van der Waals surface area contributed by atoms with Crippen molar-refractivity contribution in [2.75, 3.05) is 52.9 Å². The average Bonchev–Trinajstić information content (AvgIpc) is 2.99. The predicted octanol–water partition coefficient (Wildman–Crippen LogP) is 3.79. The van der Waals surface area contributed by atoms with Gasteiger partial charge < -0.3 is 33.2 Å². The van der Waals surface area contributed by atoms with E-state index in [4.69, 9.17) is 33.2 Å². The Balaban J connectivity index is 1.60. The van der Waals surface area contributed by atoms with Crippen LogP contribution < -0.4 is 9.47 Å². The van der Waals surface area contributed by atoms with Crippen molar-refractivity contribution in [3.05, 3.63) is 72.3 Å². The maximum Gasteiger partial charge on any atom is 0.343 e. The summed E-state index contributed by atoms with van der Waals surface area (Å²) in [4.78, 5) is 47.0. The molecule has 0 N–H and O–H groups in total. The first-order valence-electron chi connectivity index (χ1n) is 13.2. The zero-order chi connectivity index (χ0) is 29.9. The first kappa shape index (κ1) is 33.0. The number of carbonyl (C=O) groups excluding carboxylic acids is 4. The van der Waals surface area contributed by atoms with Gasteiger partial charge in [-0.05, 0) is 55.0 Å². The molecule has 2 aromatic rings. The van der Waals surface area contributed by atoms with E-state index < -0.39 is 17.9 Å². The number of hydrogen-bond donors (Lipinski definition) is 0. The Hall–Kier alpha value is -4.22. The van der Waals surface area contributed by atoms with Gasteiger partial charge in [-0.2, -0.15) is 0 Å². The van der Waals surface area contributed by atoms with Crippen molar-refractivity contribution in [2.24, 2.45) is 5.92 Å². The van der Waals surface area contributed by atoms with Gasteiger partial charge in [0.1, 0.15) is 37.9 Å². The Morgan fingerprint density at radius 3 is 1.80 bits per heavy atom. The molecule has 0 saturated carbocycles. The lowest BCUT2D eigenvalue weighted by Crippen LogP contribution is -2.18. The topological polar surface area (TPSA) is 133 Å². The van der Waals surface area contributed by atoms with Crippen LogP contribution in [0.4, 0.5) is 0 Å². The maximum atomic E-state index is 12.4. The van der Waals surface area contributed by atoms with Crippen molar-refractivity contribution in [1.29, 1.82) is 0 Å². The minimum Gasteiger partial charge on any atom is -0.491 e. The number of esters is 4. The molecule has 0 aliphatic heterocycles. The van der Waals surface area contributed by atoms with Crippen LogP contribution in [0.15, 0.2) is 61.2 Å². The fourth-order valence-electron chi connectivity index (χ4n) is 2.98. The summed E-state index contributed by atoms with van der Waals surface area (Å²) in [7, 11) is 0. The van der Waals surface area contributed by atoms with Crippen molar-refractivity contribution < 1.29 is 52.3 Å². The zero-order valence-corrected chi connectivity index (χ0v) is 23.3. The van der Waals surface area contributed by atoms with Crippen LogP contribution in [0, 0.1) is 5.92 Å². The molecule has 0 radical (unpaired) electrons. The van der Waals surface area contributed by atoms with Gasteiger partial charge >= 0.3 is 23.9 Å². The molecular weight excluding hydrogens is 536 g/mol. The molecule has 0 aliphatic rings. The molecule has 0 spiro atoms. The van der Waals surface area contributed by atoms with E-state index in [0.717, 1.165) is 12.5 Å². The molecule has 2 aromatic carbocycles. The lowest BCUT2D eigenvalue weighted by molar-refractivity contribution is -0.149. The highest BCUT2D eigenvalue weighted by molar-refractivity contribution is 5.92. The van der Waals surface area contributed by atoms with E-state index in [0.29, 0.717) is 44.3 Å². The standard InChI is InChI=1S/C30H36O11/c1-4-22(3)28(32)39-19-17-36-15-14-35-16-18-37-25-10-6-24(7-11-25)30(34)41-26-12-8-23(9-13-26)29(33)40-21-20-38-27(31)5-2/h5-13,22H,2,4,14-21H2,1,3H3. The number of hydrogen-bond acceptors (Lipinski definition) is 11. The van der Waals surface area contributed by atoms with Crippen molar-refractivity contribution in [3.8, 4) is 11.5 Å². The van der Waals surface area contributed by atoms with E-state index in [2.05, 4.69) is 6.58 Å². The highest BCUT2D eigenvalue weighted by Gasteiger charge is 2.12. The summed E-state index contributed by atoms with van der Waals surface area (Å²) in [5, 5.41) is 0. The smallest absolute Gasteiger partial charge is 0.343 e. The molecule has 0 fully saturated rings. The van der Waals surface area contributed by atoms with Crippen LogP contribution in [0.25, 0.3) is 0 Å². The quantitative estimate of drug-likeness (QED) is 0.0800. The predicted molar refractivity (Wildman–Crippen MR) is 147 cm³/mol. The summed E-state index contributed by atoms with van der Waals surface area (Å²) < 4.78 is 36.6. The molecule has 41 heavy (non-hydrogen) atoms. The van der Waals surface area contributed by atoms with Crippen LogP contribution in [0.5, 0.6) is 11.5 Å². The second-order valence-corrected chi connectivity index (χ2v) is 8.50. The van der Waals surface area contributed by atoms with Crippen LogP contribution in [-0.2, 0) is 33.3 Å². The highest BCUT2D eigenvalue weighted by Crippen LogP contribution is 2.17. The minimum absolute atomic E-state index is 0.0831. The molecule has 0 aliphatic carbocycles. The zero-order valence-electron chi connectivity index (χ0n) is 23.3. The van der Waals surface area contributed by atoms with E-state index in [1.165, 1.54) is 24.3 Å². The molecule has 0 saturated heterocycles. The molecule has 0 bridgehead atoms. The lowest BCUT2D eigenvalue weighted by atomic mass is 10.1. The summed E-state index contributed by atoms with van der Waals surface area (Å²) >= 11 is 0. The first-order chi connectivity index (χ1) is 19.8. The third-order valence-corrected chi connectivity index (χ3v) is 5.47. The van der Waals surface area contributed by atoms with Gasteiger partial charge in [0.2, 0.25) is 0 Å². The molecule has 1 unspecified atom stereocenters. The second kappa shape index (κ2) is 19.0. The molecule has 2 rings (SSSR count). The molecule has 11 heteroatoms. The van der Waals surface area contributed by atoms with Crippen LogP contribution in [0.3, 0.4) is 0 Å². The van der Waals surface area contributed by atoms with Crippen molar-refractivity contribution in [2.45, 2.75) is 20.3 Å². The van der Waals surface area contributed by atoms with Crippen LogP contribution in [0.1, 0.15) is 41.0 Å². The minimum atomic E-state index is -0.608. The molecule has 0 aromatic heterocycles. The van der Waals surface area contributed by atoms with Gasteiger partial charge in [0.15, 0.2) is 0 Å². The Morgan fingerprint density at radius 1 is 0.683 bits per heavy atom. The van der Waals surface area contributed by atoms with Gasteiger partial charge in [0.25, 0.3) is 0 Å². The first-order valence-corrected chi connectivity index (χ1v) is 13.2. The fourth-order valence-corrected chi connectivity index (χ4v) is 2.98. The number of carbonyl (C=O) groups is 4. The van der Waals surface area contributed by atoms with E-state index in [1.54, 1.807) is 24.3 Å². The molecule has 11 nitrogen and oxygen atoms in total. The Labute approximate surface area is 239 Å². The normalized spacial score (nSPS) is 11.2. The van der Waals surface area contributed by atoms with Crippen LogP contribution >= 0.6 is 0 Å². The van der Waals surface area contributed by atoms with Gasteiger partial charge in [-0.3, -0.25) is 4.79 Å². The Bertz CT molecular complexity index is 1110. The molecule has 1 atom stereocenters. The van der Waals surface area contributed by atoms with Gasteiger partial charge in [0.05, 0.1) is 43.5 Å². The third-order valence-electron chi connectivity index (χ3n) is 5.47. The monoisotopic (exact) mass is 572 g/mol. The maximum absolute atomic E-state index is 12.4. The van der Waals surface area contributed by atoms with Crippen LogP contribution in [-0.4, -0.2) is 76.7 Å². The Kier molecular flexibility index (Phi) is 15.3. The van der Waals surface area contributed by atoms with Crippen molar-refractivity contribution >= 4 is 23.9 Å². The van der Waals surface area contributed by atoms with Crippen LogP contribution in [0.2, 0.25) is 0 Å². The lowest BCUT2D eigenvalue weighted by Gasteiger charge is -2.10. The summed E-state index contributed by atoms with van der Waals surface area (Å²) in [5.74, 6) is -1.30. The molecular formula is C30H36O11. The number of benzene rings is 2. The largest absolute Gasteiger partial charge is 0.491 e. The average molecular weight is 573 g/mol. The summed E-state index contributed by atoms with van der Waals surface area (Å²) in [6, 6.07) is 12.3. The van der Waals surface area contributed by atoms with Gasteiger partial charge in [-0.15, -0.1) is 0 Å². The van der Waals surface area contributed by atoms with Crippen molar-refractivity contribution in [1.82, 2.24) is 0 Å². The molecule has 222 valence electrons. The summed E-state index contributed by atoms with van der Waals surface area (Å²) in [6.07, 6.45) is 1.76. The van der Waals surface area contributed by atoms with Crippen molar-refractivity contribution in [3.63, 3.8) is 0 Å². The van der Waals surface area contributed by atoms with Gasteiger partial charge in [0, 0.05) is 6.08 Å². The second-order valence-electron chi connectivity index (χ2n) is 8.50. The summed E-state index contributed by atoms with van der Waals surface area (Å²) in [6.45, 7) is 8.79. The highest BCUT2D eigenvalue weighted by atomic mass is 16.6. The Morgan fingerprint density at radius 2 is 1.20 bits per heavy atom. The van der Waals surface area contributed by atoms with Gasteiger partial charge in [-0.25, -0.2) is 14.4 Å². The summed E-state index contributed by atoms with van der Waals surface area (Å²) in [5.41, 5.74) is 0.566. The van der Waals surface area contributed by atoms with E-state index in [1.807, 2.05) is 13.8 Å². The SMILES string of the molecule is C=CC(=O)OCCOC(=O)c1ccc(OC(=O)c2ccc(OCCOCCOCCOC(=O)C(C)CC)cc2)cc1. The van der Waals surface area contributed by atoms with E-state index >= 15 is 0 Å². The molecule has 0 heterocycles. The van der Waals surface area contributed by atoms with Gasteiger partial charge in [-0.1, -0.05) is 20.4 Å². The number of rotatable bonds is 19. The third kappa shape index (κ3) is 13.1. The number of ether oxygens (including phenoxy) is 7. The van der Waals surface area contributed by atoms with E-state index in [9.17, 15) is 19.2 Å². The van der Waals surface area contributed by atoms with E-state index in [-0.39, 0.29) is 43.0 Å².